The second-order valence-electron chi connectivity index (χ2n) is 2.96. The highest BCUT2D eigenvalue weighted by Crippen LogP contribution is 2.00. The lowest BCUT2D eigenvalue weighted by atomic mass is 10.3. The molecule has 0 aromatic carbocycles. The van der Waals surface area contributed by atoms with Crippen molar-refractivity contribution in [2.75, 3.05) is 26.2 Å². The van der Waals surface area contributed by atoms with E-state index < -0.39 is 5.79 Å². The molecule has 0 aromatic rings. The molecule has 1 rings (SSSR count). The maximum atomic E-state index is 5.69. The second-order valence-corrected chi connectivity index (χ2v) is 2.96. The van der Waals surface area contributed by atoms with Crippen molar-refractivity contribution in [1.82, 2.24) is 10.2 Å². The molecule has 0 bridgehead atoms. The number of rotatable bonds is 1. The largest absolute Gasteiger partial charge is 0.314 e. The first-order chi connectivity index (χ1) is 4.61. The van der Waals surface area contributed by atoms with Crippen molar-refractivity contribution in [3.8, 4) is 0 Å². The minimum Gasteiger partial charge on any atom is -0.314 e. The van der Waals surface area contributed by atoms with Crippen molar-refractivity contribution < 1.29 is 0 Å². The molecule has 0 radical (unpaired) electrons. The van der Waals surface area contributed by atoms with Crippen LogP contribution in [0.15, 0.2) is 0 Å². The Labute approximate surface area is 61.5 Å². The predicted molar refractivity (Wildman–Crippen MR) is 41.2 cm³/mol. The van der Waals surface area contributed by atoms with E-state index in [-0.39, 0.29) is 0 Å². The summed E-state index contributed by atoms with van der Waals surface area (Å²) in [5, 5.41) is 3.23. The van der Waals surface area contributed by atoms with Gasteiger partial charge in [-0.3, -0.25) is 4.90 Å². The molecule has 0 unspecified atom stereocenters. The van der Waals surface area contributed by atoms with Crippen molar-refractivity contribution in [2.45, 2.75) is 12.7 Å². The maximum absolute atomic E-state index is 5.69. The lowest BCUT2D eigenvalue weighted by Crippen LogP contribution is -2.64. The number of hydrogen-bond donors (Lipinski definition) is 3. The Balaban J connectivity index is 2.39. The highest BCUT2D eigenvalue weighted by Gasteiger charge is 2.22. The minimum atomic E-state index is -0.637. The van der Waals surface area contributed by atoms with Crippen LogP contribution in [0.3, 0.4) is 0 Å². The molecule has 0 spiro atoms. The van der Waals surface area contributed by atoms with Crippen LogP contribution in [0.5, 0.6) is 0 Å². The molecule has 1 heterocycles. The molecule has 10 heavy (non-hydrogen) atoms. The van der Waals surface area contributed by atoms with Gasteiger partial charge in [0.25, 0.3) is 0 Å². The lowest BCUT2D eigenvalue weighted by molar-refractivity contribution is 0.0988. The van der Waals surface area contributed by atoms with Gasteiger partial charge in [0.05, 0.1) is 0 Å². The Kier molecular flexibility index (Phi) is 2.25. The fourth-order valence-electron chi connectivity index (χ4n) is 1.15. The number of piperazine rings is 1. The first kappa shape index (κ1) is 7.94. The summed E-state index contributed by atoms with van der Waals surface area (Å²) in [7, 11) is 0. The topological polar surface area (TPSA) is 67.3 Å². The summed E-state index contributed by atoms with van der Waals surface area (Å²) in [4.78, 5) is 2.07. The van der Waals surface area contributed by atoms with E-state index in [1.165, 1.54) is 0 Å². The Morgan fingerprint density at radius 3 is 2.10 bits per heavy atom. The van der Waals surface area contributed by atoms with Gasteiger partial charge in [-0.05, 0) is 6.92 Å². The summed E-state index contributed by atoms with van der Waals surface area (Å²) < 4.78 is 0. The van der Waals surface area contributed by atoms with E-state index in [9.17, 15) is 0 Å². The van der Waals surface area contributed by atoms with Crippen LogP contribution in [0.2, 0.25) is 0 Å². The van der Waals surface area contributed by atoms with Gasteiger partial charge in [-0.25, -0.2) is 0 Å². The average molecular weight is 144 g/mol. The molecule has 1 saturated heterocycles. The third kappa shape index (κ3) is 1.91. The third-order valence-electron chi connectivity index (χ3n) is 1.80. The number of nitrogens with zero attached hydrogens (tertiary/aromatic N) is 1. The molecule has 1 aliphatic heterocycles. The van der Waals surface area contributed by atoms with Gasteiger partial charge in [0, 0.05) is 26.2 Å². The number of hydrogen-bond acceptors (Lipinski definition) is 4. The van der Waals surface area contributed by atoms with E-state index in [1.54, 1.807) is 0 Å². The molecule has 0 aliphatic carbocycles. The molecule has 5 N–H and O–H groups in total. The van der Waals surface area contributed by atoms with Crippen LogP contribution >= 0.6 is 0 Å². The monoisotopic (exact) mass is 144 g/mol. The highest BCUT2D eigenvalue weighted by molar-refractivity contribution is 4.77. The van der Waals surface area contributed by atoms with Crippen molar-refractivity contribution in [1.29, 1.82) is 0 Å². The van der Waals surface area contributed by atoms with Crippen molar-refractivity contribution in [3.05, 3.63) is 0 Å². The van der Waals surface area contributed by atoms with Crippen molar-refractivity contribution >= 4 is 0 Å². The number of nitrogens with one attached hydrogen (secondary N) is 1. The first-order valence-electron chi connectivity index (χ1n) is 3.64. The van der Waals surface area contributed by atoms with E-state index >= 15 is 0 Å². The van der Waals surface area contributed by atoms with Gasteiger partial charge in [-0.15, -0.1) is 0 Å². The van der Waals surface area contributed by atoms with Crippen molar-refractivity contribution in [3.63, 3.8) is 0 Å². The fraction of sp³-hybridized carbons (Fsp3) is 1.00. The summed E-state index contributed by atoms with van der Waals surface area (Å²) in [6.07, 6.45) is 0. The van der Waals surface area contributed by atoms with E-state index in [0.29, 0.717) is 0 Å². The first-order valence-corrected chi connectivity index (χ1v) is 3.64. The summed E-state index contributed by atoms with van der Waals surface area (Å²) in [6, 6.07) is 0. The Hall–Kier alpha value is -0.160. The molecule has 1 aliphatic rings. The van der Waals surface area contributed by atoms with E-state index in [0.717, 1.165) is 26.2 Å². The Morgan fingerprint density at radius 2 is 1.80 bits per heavy atom. The van der Waals surface area contributed by atoms with Crippen LogP contribution < -0.4 is 16.8 Å². The smallest absolute Gasteiger partial charge is 0.118 e. The van der Waals surface area contributed by atoms with Crippen LogP contribution in [0.4, 0.5) is 0 Å². The molecule has 0 aromatic heterocycles. The highest BCUT2D eigenvalue weighted by atomic mass is 15.4. The summed E-state index contributed by atoms with van der Waals surface area (Å²) in [6.45, 7) is 5.71. The normalized spacial score (nSPS) is 23.1. The van der Waals surface area contributed by atoms with Crippen LogP contribution in [-0.4, -0.2) is 36.9 Å². The summed E-state index contributed by atoms with van der Waals surface area (Å²) in [5.74, 6) is -0.637. The number of nitrogens with two attached hydrogens (primary N) is 2. The Bertz CT molecular complexity index is 101. The van der Waals surface area contributed by atoms with Gasteiger partial charge in [0.2, 0.25) is 0 Å². The van der Waals surface area contributed by atoms with Gasteiger partial charge in [-0.2, -0.15) is 0 Å². The minimum absolute atomic E-state index is 0.637. The molecule has 4 nitrogen and oxygen atoms in total. The molecule has 0 saturated carbocycles. The lowest BCUT2D eigenvalue weighted by Gasteiger charge is -2.37. The van der Waals surface area contributed by atoms with Crippen LogP contribution in [-0.2, 0) is 0 Å². The molecule has 0 amide bonds. The zero-order chi connectivity index (χ0) is 7.61. The molecular formula is C6H16N4. The van der Waals surface area contributed by atoms with Gasteiger partial charge in [-0.1, -0.05) is 0 Å². The molecule has 1 fully saturated rings. The standard InChI is InChI=1S/C6H16N4/c1-6(7,8)10-4-2-9-3-5-10/h9H,2-5,7-8H2,1H3. The van der Waals surface area contributed by atoms with Crippen LogP contribution in [0, 0.1) is 0 Å². The SMILES string of the molecule is CC(N)(N)N1CCNCC1. The molecule has 0 atom stereocenters. The second kappa shape index (κ2) is 2.84. The Morgan fingerprint density at radius 1 is 1.30 bits per heavy atom. The van der Waals surface area contributed by atoms with Gasteiger partial charge in [0.15, 0.2) is 0 Å². The van der Waals surface area contributed by atoms with E-state index in [2.05, 4.69) is 10.2 Å². The maximum Gasteiger partial charge on any atom is 0.118 e. The zero-order valence-corrected chi connectivity index (χ0v) is 6.43. The summed E-state index contributed by atoms with van der Waals surface area (Å²) in [5.41, 5.74) is 11.4. The predicted octanol–water partition coefficient (Wildman–Crippen LogP) is -1.52. The van der Waals surface area contributed by atoms with Gasteiger partial charge in [0.1, 0.15) is 5.79 Å². The summed E-state index contributed by atoms with van der Waals surface area (Å²) >= 11 is 0. The van der Waals surface area contributed by atoms with Crippen LogP contribution in [0.25, 0.3) is 0 Å². The zero-order valence-electron chi connectivity index (χ0n) is 6.43. The molecular weight excluding hydrogens is 128 g/mol. The average Bonchev–Trinajstić information content (AvgIpc) is 1.88. The quantitative estimate of drug-likeness (QED) is 0.391. The molecule has 4 heteroatoms. The van der Waals surface area contributed by atoms with E-state index in [1.807, 2.05) is 6.92 Å². The molecule has 60 valence electrons. The van der Waals surface area contributed by atoms with Gasteiger partial charge >= 0.3 is 0 Å². The van der Waals surface area contributed by atoms with E-state index in [4.69, 9.17) is 11.5 Å². The fourth-order valence-corrected chi connectivity index (χ4v) is 1.15. The van der Waals surface area contributed by atoms with Crippen molar-refractivity contribution in [2.24, 2.45) is 11.5 Å². The van der Waals surface area contributed by atoms with Crippen LogP contribution in [0.1, 0.15) is 6.92 Å². The third-order valence-corrected chi connectivity index (χ3v) is 1.80. The van der Waals surface area contributed by atoms with Gasteiger partial charge < -0.3 is 16.8 Å².